The van der Waals surface area contributed by atoms with Crippen LogP contribution >= 0.6 is 34.8 Å². The third kappa shape index (κ3) is 3.15. The number of carboxylic acids is 1. The van der Waals surface area contributed by atoms with Crippen LogP contribution in [0.3, 0.4) is 0 Å². The molecule has 0 saturated carbocycles. The van der Waals surface area contributed by atoms with Gasteiger partial charge in [-0.3, -0.25) is 4.79 Å². The second-order valence-corrected chi connectivity index (χ2v) is 5.35. The SMILES string of the molecule is Cn1c(C(=O)Nc2cc(C(=O)O)ccc2Cl)cc(Cl)c1Cl. The van der Waals surface area contributed by atoms with E-state index in [1.165, 1.54) is 28.8 Å². The first-order valence-corrected chi connectivity index (χ1v) is 6.79. The standard InChI is InChI=1S/C13H9Cl3N2O3/c1-18-10(5-8(15)11(18)16)12(19)17-9-4-6(13(20)21)2-3-7(9)14/h2-5H,1H3,(H,17,19)(H,20,21). The highest BCUT2D eigenvalue weighted by Gasteiger charge is 2.17. The van der Waals surface area contributed by atoms with E-state index in [0.29, 0.717) is 0 Å². The molecule has 2 aromatic rings. The predicted octanol–water partition coefficient (Wildman–Crippen LogP) is 3.94. The smallest absolute Gasteiger partial charge is 0.335 e. The highest BCUT2D eigenvalue weighted by molar-refractivity contribution is 6.42. The molecule has 0 fully saturated rings. The summed E-state index contributed by atoms with van der Waals surface area (Å²) in [6, 6.07) is 5.42. The Bertz CT molecular complexity index is 741. The van der Waals surface area contributed by atoms with Crippen molar-refractivity contribution in [2.45, 2.75) is 0 Å². The van der Waals surface area contributed by atoms with Gasteiger partial charge in [-0.05, 0) is 24.3 Å². The van der Waals surface area contributed by atoms with E-state index >= 15 is 0 Å². The van der Waals surface area contributed by atoms with Gasteiger partial charge in [0.15, 0.2) is 0 Å². The van der Waals surface area contributed by atoms with Gasteiger partial charge in [-0.15, -0.1) is 0 Å². The first-order chi connectivity index (χ1) is 9.81. The van der Waals surface area contributed by atoms with Crippen LogP contribution in [0.2, 0.25) is 15.2 Å². The van der Waals surface area contributed by atoms with Gasteiger partial charge in [0.25, 0.3) is 5.91 Å². The monoisotopic (exact) mass is 346 g/mol. The summed E-state index contributed by atoms with van der Waals surface area (Å²) in [4.78, 5) is 23.1. The van der Waals surface area contributed by atoms with Crippen molar-refractivity contribution in [3.63, 3.8) is 0 Å². The average Bonchev–Trinajstić information content (AvgIpc) is 2.68. The van der Waals surface area contributed by atoms with E-state index in [0.717, 1.165) is 0 Å². The van der Waals surface area contributed by atoms with Crippen LogP contribution in [-0.2, 0) is 7.05 Å². The molecule has 1 amide bonds. The number of nitrogens with zero attached hydrogens (tertiary/aromatic N) is 1. The fraction of sp³-hybridized carbons (Fsp3) is 0.0769. The molecule has 0 saturated heterocycles. The van der Waals surface area contributed by atoms with Crippen molar-refractivity contribution in [2.75, 3.05) is 5.32 Å². The fourth-order valence-electron chi connectivity index (χ4n) is 1.70. The highest BCUT2D eigenvalue weighted by atomic mass is 35.5. The quantitative estimate of drug-likeness (QED) is 0.883. The Kier molecular flexibility index (Phi) is 4.46. The molecule has 0 unspecified atom stereocenters. The molecule has 110 valence electrons. The Hall–Kier alpha value is -1.69. The van der Waals surface area contributed by atoms with Gasteiger partial charge in [0.05, 0.1) is 21.3 Å². The zero-order valence-corrected chi connectivity index (χ0v) is 12.9. The third-order valence-electron chi connectivity index (χ3n) is 2.81. The molecule has 0 atom stereocenters. The Morgan fingerprint density at radius 2 is 1.81 bits per heavy atom. The number of hydrogen-bond acceptors (Lipinski definition) is 2. The van der Waals surface area contributed by atoms with E-state index in [9.17, 15) is 9.59 Å². The summed E-state index contributed by atoms with van der Waals surface area (Å²) in [5, 5.41) is 12.2. The van der Waals surface area contributed by atoms with Crippen LogP contribution in [-0.4, -0.2) is 21.6 Å². The normalized spacial score (nSPS) is 10.5. The number of carbonyl (C=O) groups is 2. The van der Waals surface area contributed by atoms with Crippen LogP contribution in [0.25, 0.3) is 0 Å². The number of aromatic carboxylic acids is 1. The first-order valence-electron chi connectivity index (χ1n) is 5.66. The number of rotatable bonds is 3. The molecule has 5 nitrogen and oxygen atoms in total. The average molecular weight is 348 g/mol. The number of nitrogens with one attached hydrogen (secondary N) is 1. The number of amides is 1. The summed E-state index contributed by atoms with van der Waals surface area (Å²) in [5.74, 6) is -1.62. The number of aromatic nitrogens is 1. The van der Waals surface area contributed by atoms with Crippen LogP contribution in [0.4, 0.5) is 5.69 Å². The van der Waals surface area contributed by atoms with Gasteiger partial charge in [0.2, 0.25) is 0 Å². The van der Waals surface area contributed by atoms with E-state index in [4.69, 9.17) is 39.9 Å². The number of carbonyl (C=O) groups excluding carboxylic acids is 1. The number of hydrogen-bond donors (Lipinski definition) is 2. The van der Waals surface area contributed by atoms with E-state index in [-0.39, 0.29) is 32.1 Å². The zero-order valence-electron chi connectivity index (χ0n) is 10.7. The third-order valence-corrected chi connectivity index (χ3v) is 3.98. The lowest BCUT2D eigenvalue weighted by molar-refractivity contribution is 0.0696. The maximum absolute atomic E-state index is 12.2. The van der Waals surface area contributed by atoms with Crippen LogP contribution in [0.1, 0.15) is 20.8 Å². The molecule has 8 heteroatoms. The van der Waals surface area contributed by atoms with Crippen molar-refractivity contribution in [3.8, 4) is 0 Å². The van der Waals surface area contributed by atoms with Gasteiger partial charge in [-0.1, -0.05) is 34.8 Å². The summed E-state index contributed by atoms with van der Waals surface area (Å²) in [6.45, 7) is 0. The molecule has 2 N–H and O–H groups in total. The van der Waals surface area contributed by atoms with Crippen LogP contribution < -0.4 is 5.32 Å². The van der Waals surface area contributed by atoms with Crippen molar-refractivity contribution in [2.24, 2.45) is 7.05 Å². The molecule has 21 heavy (non-hydrogen) atoms. The summed E-state index contributed by atoms with van der Waals surface area (Å²) in [5.41, 5.74) is 0.425. The molecule has 0 aliphatic rings. The first kappa shape index (κ1) is 15.7. The number of anilines is 1. The van der Waals surface area contributed by atoms with Gasteiger partial charge in [-0.25, -0.2) is 4.79 Å². The lowest BCUT2D eigenvalue weighted by Gasteiger charge is -2.09. The van der Waals surface area contributed by atoms with Crippen molar-refractivity contribution in [1.29, 1.82) is 0 Å². The van der Waals surface area contributed by atoms with E-state index < -0.39 is 11.9 Å². The van der Waals surface area contributed by atoms with Crippen LogP contribution in [0.5, 0.6) is 0 Å². The van der Waals surface area contributed by atoms with E-state index in [1.807, 2.05) is 0 Å². The van der Waals surface area contributed by atoms with Crippen molar-refractivity contribution < 1.29 is 14.7 Å². The molecule has 0 aliphatic heterocycles. The molecule has 0 radical (unpaired) electrons. The zero-order chi connectivity index (χ0) is 15.7. The van der Waals surface area contributed by atoms with Crippen molar-refractivity contribution in [3.05, 3.63) is 50.7 Å². The highest BCUT2D eigenvalue weighted by Crippen LogP contribution is 2.27. The van der Waals surface area contributed by atoms with Gasteiger partial charge < -0.3 is 15.0 Å². The minimum Gasteiger partial charge on any atom is -0.478 e. The largest absolute Gasteiger partial charge is 0.478 e. The van der Waals surface area contributed by atoms with Crippen LogP contribution in [0, 0.1) is 0 Å². The molecule has 2 rings (SSSR count). The van der Waals surface area contributed by atoms with Gasteiger partial charge in [-0.2, -0.15) is 0 Å². The topological polar surface area (TPSA) is 71.3 Å². The van der Waals surface area contributed by atoms with E-state index in [2.05, 4.69) is 5.32 Å². The van der Waals surface area contributed by atoms with Crippen molar-refractivity contribution >= 4 is 52.4 Å². The molecule has 0 aliphatic carbocycles. The van der Waals surface area contributed by atoms with Gasteiger partial charge >= 0.3 is 5.97 Å². The molecule has 1 aromatic carbocycles. The fourth-order valence-corrected chi connectivity index (χ4v) is 2.24. The molecular formula is C13H9Cl3N2O3. The minimum absolute atomic E-state index is 0.0117. The van der Waals surface area contributed by atoms with Crippen LogP contribution in [0.15, 0.2) is 24.3 Å². The molecular weight excluding hydrogens is 339 g/mol. The maximum Gasteiger partial charge on any atom is 0.335 e. The number of carboxylic acid groups (broad SMARTS) is 1. The summed E-state index contributed by atoms with van der Waals surface area (Å²) in [7, 11) is 1.58. The Morgan fingerprint density at radius 1 is 1.14 bits per heavy atom. The summed E-state index contributed by atoms with van der Waals surface area (Å²) < 4.78 is 1.41. The molecule has 1 heterocycles. The number of halogens is 3. The predicted molar refractivity (Wildman–Crippen MR) is 81.8 cm³/mol. The second kappa shape index (κ2) is 5.97. The number of benzene rings is 1. The molecule has 0 spiro atoms. The Morgan fingerprint density at radius 3 is 2.33 bits per heavy atom. The molecule has 1 aromatic heterocycles. The van der Waals surface area contributed by atoms with E-state index in [1.54, 1.807) is 7.05 Å². The minimum atomic E-state index is -1.12. The Balaban J connectivity index is 2.33. The van der Waals surface area contributed by atoms with Gasteiger partial charge in [0, 0.05) is 7.05 Å². The summed E-state index contributed by atoms with van der Waals surface area (Å²) in [6.07, 6.45) is 0. The maximum atomic E-state index is 12.2. The lowest BCUT2D eigenvalue weighted by atomic mass is 10.2. The lowest BCUT2D eigenvalue weighted by Crippen LogP contribution is -2.16. The second-order valence-electron chi connectivity index (χ2n) is 4.18. The molecule has 0 bridgehead atoms. The van der Waals surface area contributed by atoms with Gasteiger partial charge in [0.1, 0.15) is 10.8 Å². The Labute approximate surface area is 135 Å². The summed E-state index contributed by atoms with van der Waals surface area (Å²) >= 11 is 17.7. The van der Waals surface area contributed by atoms with Crippen molar-refractivity contribution in [1.82, 2.24) is 4.57 Å².